The molecule has 2 N–H and O–H groups in total. The normalized spacial score (nSPS) is 10.0. The number of phenols is 1. The molecule has 0 atom stereocenters. The number of benzene rings is 1. The lowest BCUT2D eigenvalue weighted by molar-refractivity contribution is 0.0992. The zero-order valence-corrected chi connectivity index (χ0v) is 8.76. The largest absolute Gasteiger partial charge is 0.508 e. The molecule has 0 saturated carbocycles. The van der Waals surface area contributed by atoms with Gasteiger partial charge in [0.25, 0.3) is 0 Å². The fraction of sp³-hybridized carbons (Fsp3) is 0.222. The van der Waals surface area contributed by atoms with E-state index in [9.17, 15) is 4.79 Å². The van der Waals surface area contributed by atoms with Gasteiger partial charge in [0.2, 0.25) is 0 Å². The van der Waals surface area contributed by atoms with Crippen molar-refractivity contribution in [2.24, 2.45) is 0 Å². The molecule has 0 bridgehead atoms. The molecule has 0 amide bonds. The molecule has 0 aromatic heterocycles. The first-order valence-electron chi connectivity index (χ1n) is 3.81. The zero-order chi connectivity index (χ0) is 9.84. The minimum Gasteiger partial charge on any atom is -0.508 e. The summed E-state index contributed by atoms with van der Waals surface area (Å²) in [4.78, 5) is 11.4. The monoisotopic (exact) mass is 243 g/mol. The van der Waals surface area contributed by atoms with Gasteiger partial charge >= 0.3 is 0 Å². The van der Waals surface area contributed by atoms with E-state index in [4.69, 9.17) is 5.11 Å². The fourth-order valence-corrected chi connectivity index (χ4v) is 1.45. The molecule has 0 aliphatic heterocycles. The number of phenolic OH excluding ortho intramolecular Hbond substituents is 1. The Morgan fingerprint density at radius 1 is 1.62 bits per heavy atom. The van der Waals surface area contributed by atoms with Gasteiger partial charge in [0.15, 0.2) is 5.78 Å². The Labute approximate surface area is 84.9 Å². The lowest BCUT2D eigenvalue weighted by atomic mass is 10.1. The van der Waals surface area contributed by atoms with Crippen LogP contribution in [0.15, 0.2) is 22.7 Å². The topological polar surface area (TPSA) is 49.3 Å². The van der Waals surface area contributed by atoms with E-state index >= 15 is 0 Å². The van der Waals surface area contributed by atoms with Crippen LogP contribution in [0.3, 0.4) is 0 Å². The van der Waals surface area contributed by atoms with E-state index in [-0.39, 0.29) is 18.1 Å². The van der Waals surface area contributed by atoms with Crippen LogP contribution in [0.2, 0.25) is 0 Å². The molecule has 0 fully saturated rings. The molecule has 1 aromatic rings. The van der Waals surface area contributed by atoms with Crippen LogP contribution < -0.4 is 5.32 Å². The Kier molecular flexibility index (Phi) is 3.45. The Balaban J connectivity index is 2.99. The van der Waals surface area contributed by atoms with Gasteiger partial charge < -0.3 is 10.4 Å². The third-order valence-corrected chi connectivity index (χ3v) is 2.28. The van der Waals surface area contributed by atoms with Crippen molar-refractivity contribution >= 4 is 21.7 Å². The number of carbonyl (C=O) groups excluding carboxylic acids is 1. The number of rotatable bonds is 3. The maximum absolute atomic E-state index is 11.4. The molecule has 0 spiro atoms. The van der Waals surface area contributed by atoms with Crippen molar-refractivity contribution in [1.29, 1.82) is 0 Å². The van der Waals surface area contributed by atoms with E-state index in [1.54, 1.807) is 13.1 Å². The lowest BCUT2D eigenvalue weighted by Crippen LogP contribution is -2.18. The number of likely N-dealkylation sites (N-methyl/N-ethyl adjacent to an activating group) is 1. The average Bonchev–Trinajstić information content (AvgIpc) is 2.09. The predicted octanol–water partition coefficient (Wildman–Crippen LogP) is 1.56. The van der Waals surface area contributed by atoms with Crippen LogP contribution in [-0.2, 0) is 0 Å². The summed E-state index contributed by atoms with van der Waals surface area (Å²) < 4.78 is 0.700. The zero-order valence-electron chi connectivity index (χ0n) is 7.17. The molecule has 3 nitrogen and oxygen atoms in total. The van der Waals surface area contributed by atoms with Crippen LogP contribution in [0.4, 0.5) is 0 Å². The van der Waals surface area contributed by atoms with Crippen molar-refractivity contribution in [3.05, 3.63) is 28.2 Å². The van der Waals surface area contributed by atoms with E-state index in [0.717, 1.165) is 0 Å². The first kappa shape index (κ1) is 10.2. The molecule has 0 saturated heterocycles. The number of carbonyl (C=O) groups is 1. The van der Waals surface area contributed by atoms with Gasteiger partial charge in [0.1, 0.15) is 5.75 Å². The SMILES string of the molecule is CNCC(=O)c1cc(O)ccc1Br. The van der Waals surface area contributed by atoms with Crippen LogP contribution in [0.25, 0.3) is 0 Å². The quantitative estimate of drug-likeness (QED) is 0.793. The highest BCUT2D eigenvalue weighted by atomic mass is 79.9. The van der Waals surface area contributed by atoms with E-state index in [0.29, 0.717) is 10.0 Å². The van der Waals surface area contributed by atoms with Gasteiger partial charge in [-0.25, -0.2) is 0 Å². The summed E-state index contributed by atoms with van der Waals surface area (Å²) in [7, 11) is 1.70. The van der Waals surface area contributed by atoms with Crippen LogP contribution in [0.1, 0.15) is 10.4 Å². The van der Waals surface area contributed by atoms with Crippen LogP contribution in [0, 0.1) is 0 Å². The minimum atomic E-state index is -0.0507. The third-order valence-electron chi connectivity index (χ3n) is 1.59. The van der Waals surface area contributed by atoms with Crippen molar-refractivity contribution in [3.63, 3.8) is 0 Å². The van der Waals surface area contributed by atoms with Crippen molar-refractivity contribution in [2.45, 2.75) is 0 Å². The Hall–Kier alpha value is -0.870. The Bertz CT molecular complexity index is 325. The smallest absolute Gasteiger partial charge is 0.177 e. The van der Waals surface area contributed by atoms with Gasteiger partial charge in [-0.2, -0.15) is 0 Å². The summed E-state index contributed by atoms with van der Waals surface area (Å²) in [6.45, 7) is 0.266. The molecule has 0 radical (unpaired) electrons. The highest BCUT2D eigenvalue weighted by molar-refractivity contribution is 9.10. The summed E-state index contributed by atoms with van der Waals surface area (Å²) >= 11 is 3.24. The minimum absolute atomic E-state index is 0.0507. The molecular weight excluding hydrogens is 234 g/mol. The molecule has 0 unspecified atom stereocenters. The van der Waals surface area contributed by atoms with Gasteiger partial charge in [-0.05, 0) is 25.2 Å². The molecule has 1 rings (SSSR count). The molecule has 0 aliphatic rings. The van der Waals surface area contributed by atoms with Crippen LogP contribution >= 0.6 is 15.9 Å². The number of Topliss-reactive ketones (excluding diaryl/α,β-unsaturated/α-hetero) is 1. The predicted molar refractivity (Wildman–Crippen MR) is 54.1 cm³/mol. The first-order valence-corrected chi connectivity index (χ1v) is 4.60. The summed E-state index contributed by atoms with van der Waals surface area (Å²) in [5.74, 6) is 0.0490. The fourth-order valence-electron chi connectivity index (χ4n) is 0.983. The summed E-state index contributed by atoms with van der Waals surface area (Å²) in [6.07, 6.45) is 0. The molecule has 4 heteroatoms. The number of ketones is 1. The van der Waals surface area contributed by atoms with Gasteiger partial charge in [-0.15, -0.1) is 0 Å². The molecule has 0 heterocycles. The van der Waals surface area contributed by atoms with Gasteiger partial charge in [-0.3, -0.25) is 4.79 Å². The molecule has 70 valence electrons. The standard InChI is InChI=1S/C9H10BrNO2/c1-11-5-9(13)7-4-6(12)2-3-8(7)10/h2-4,11-12H,5H2,1H3. The number of aromatic hydroxyl groups is 1. The molecular formula is C9H10BrNO2. The number of halogens is 1. The Morgan fingerprint density at radius 2 is 2.31 bits per heavy atom. The highest BCUT2D eigenvalue weighted by Gasteiger charge is 2.09. The van der Waals surface area contributed by atoms with Crippen LogP contribution in [0.5, 0.6) is 5.75 Å². The third kappa shape index (κ3) is 2.54. The highest BCUT2D eigenvalue weighted by Crippen LogP contribution is 2.21. The van der Waals surface area contributed by atoms with E-state index < -0.39 is 0 Å². The van der Waals surface area contributed by atoms with E-state index in [1.165, 1.54) is 12.1 Å². The van der Waals surface area contributed by atoms with Crippen molar-refractivity contribution in [3.8, 4) is 5.75 Å². The summed E-state index contributed by atoms with van der Waals surface area (Å²) in [5, 5.41) is 11.9. The van der Waals surface area contributed by atoms with Crippen molar-refractivity contribution in [1.82, 2.24) is 5.32 Å². The summed E-state index contributed by atoms with van der Waals surface area (Å²) in [6, 6.07) is 4.63. The molecule has 0 aliphatic carbocycles. The number of hydrogen-bond acceptors (Lipinski definition) is 3. The second-order valence-electron chi connectivity index (χ2n) is 2.62. The second-order valence-corrected chi connectivity index (χ2v) is 3.47. The van der Waals surface area contributed by atoms with Gasteiger partial charge in [-0.1, -0.05) is 15.9 Å². The van der Waals surface area contributed by atoms with Crippen molar-refractivity contribution < 1.29 is 9.90 Å². The molecule has 13 heavy (non-hydrogen) atoms. The maximum Gasteiger partial charge on any atom is 0.177 e. The number of nitrogens with one attached hydrogen (secondary N) is 1. The van der Waals surface area contributed by atoms with Crippen molar-refractivity contribution in [2.75, 3.05) is 13.6 Å². The molecule has 1 aromatic carbocycles. The van der Waals surface area contributed by atoms with Gasteiger partial charge in [0, 0.05) is 10.0 Å². The maximum atomic E-state index is 11.4. The lowest BCUT2D eigenvalue weighted by Gasteiger charge is -2.03. The Morgan fingerprint density at radius 3 is 2.92 bits per heavy atom. The van der Waals surface area contributed by atoms with E-state index in [2.05, 4.69) is 21.2 Å². The second kappa shape index (κ2) is 4.39. The number of hydrogen-bond donors (Lipinski definition) is 2. The van der Waals surface area contributed by atoms with E-state index in [1.807, 2.05) is 0 Å². The van der Waals surface area contributed by atoms with Gasteiger partial charge in [0.05, 0.1) is 6.54 Å². The summed E-state index contributed by atoms with van der Waals surface area (Å²) in [5.41, 5.74) is 0.495. The first-order chi connectivity index (χ1) is 6.15. The van der Waals surface area contributed by atoms with Crippen LogP contribution in [-0.4, -0.2) is 24.5 Å². The average molecular weight is 244 g/mol.